The minimum atomic E-state index is -0.976. The van der Waals surface area contributed by atoms with Crippen molar-refractivity contribution in [3.8, 4) is 0 Å². The highest BCUT2D eigenvalue weighted by Crippen LogP contribution is 2.27. The van der Waals surface area contributed by atoms with E-state index in [0.29, 0.717) is 25.4 Å². The summed E-state index contributed by atoms with van der Waals surface area (Å²) in [5.41, 5.74) is 1.90. The van der Waals surface area contributed by atoms with Gasteiger partial charge in [0.25, 0.3) is 0 Å². The standard InChI is InChI=1S/C13H17FO3/c1-8-5-9(2)12(10(14)6-8)13(15)11-7-16-3-4-17-11/h5-6,11,13,15H,3-4,7H2,1-2H3. The third-order valence-electron chi connectivity index (χ3n) is 2.97. The minimum Gasteiger partial charge on any atom is -0.385 e. The average Bonchev–Trinajstić information content (AvgIpc) is 2.28. The molecular weight excluding hydrogens is 223 g/mol. The predicted molar refractivity (Wildman–Crippen MR) is 61.4 cm³/mol. The topological polar surface area (TPSA) is 38.7 Å². The van der Waals surface area contributed by atoms with E-state index < -0.39 is 12.2 Å². The summed E-state index contributed by atoms with van der Waals surface area (Å²) in [6, 6.07) is 3.28. The van der Waals surface area contributed by atoms with Crippen molar-refractivity contribution in [1.29, 1.82) is 0 Å². The van der Waals surface area contributed by atoms with Crippen molar-refractivity contribution in [3.05, 3.63) is 34.6 Å². The number of aryl methyl sites for hydroxylation is 2. The van der Waals surface area contributed by atoms with Gasteiger partial charge in [-0.25, -0.2) is 4.39 Å². The van der Waals surface area contributed by atoms with E-state index in [2.05, 4.69) is 0 Å². The Hall–Kier alpha value is -0.970. The number of aliphatic hydroxyl groups is 1. The van der Waals surface area contributed by atoms with Crippen molar-refractivity contribution in [2.24, 2.45) is 0 Å². The van der Waals surface area contributed by atoms with Gasteiger partial charge >= 0.3 is 0 Å². The molecule has 4 heteroatoms. The van der Waals surface area contributed by atoms with Crippen LogP contribution in [0.1, 0.15) is 22.8 Å². The van der Waals surface area contributed by atoms with Crippen molar-refractivity contribution in [3.63, 3.8) is 0 Å². The second kappa shape index (κ2) is 5.12. The number of benzene rings is 1. The molecule has 0 spiro atoms. The molecule has 1 fully saturated rings. The van der Waals surface area contributed by atoms with Gasteiger partial charge in [0.05, 0.1) is 19.8 Å². The summed E-state index contributed by atoms with van der Waals surface area (Å²) < 4.78 is 24.5. The highest BCUT2D eigenvalue weighted by molar-refractivity contribution is 5.34. The van der Waals surface area contributed by atoms with Crippen molar-refractivity contribution in [2.45, 2.75) is 26.1 Å². The first kappa shape index (κ1) is 12.5. The molecule has 17 heavy (non-hydrogen) atoms. The summed E-state index contributed by atoms with van der Waals surface area (Å²) in [5.74, 6) is -0.385. The Kier molecular flexibility index (Phi) is 3.76. The monoisotopic (exact) mass is 240 g/mol. The molecule has 0 saturated carbocycles. The van der Waals surface area contributed by atoms with E-state index in [1.165, 1.54) is 6.07 Å². The number of aliphatic hydroxyl groups excluding tert-OH is 1. The van der Waals surface area contributed by atoms with Crippen LogP contribution in [0.4, 0.5) is 4.39 Å². The number of ether oxygens (including phenoxy) is 2. The molecule has 1 aromatic carbocycles. The molecule has 0 radical (unpaired) electrons. The van der Waals surface area contributed by atoms with Crippen LogP contribution in [0.3, 0.4) is 0 Å². The van der Waals surface area contributed by atoms with E-state index in [9.17, 15) is 9.50 Å². The maximum absolute atomic E-state index is 13.9. The van der Waals surface area contributed by atoms with Crippen LogP contribution >= 0.6 is 0 Å². The zero-order valence-electron chi connectivity index (χ0n) is 10.1. The van der Waals surface area contributed by atoms with Crippen molar-refractivity contribution in [1.82, 2.24) is 0 Å². The Morgan fingerprint density at radius 1 is 1.35 bits per heavy atom. The molecular formula is C13H17FO3. The molecule has 0 aliphatic carbocycles. The summed E-state index contributed by atoms with van der Waals surface area (Å²) in [4.78, 5) is 0. The lowest BCUT2D eigenvalue weighted by Gasteiger charge is -2.28. The predicted octanol–water partition coefficient (Wildman–Crippen LogP) is 1.89. The highest BCUT2D eigenvalue weighted by atomic mass is 19.1. The molecule has 1 aromatic rings. The Labute approximate surface area is 100 Å². The summed E-state index contributed by atoms with van der Waals surface area (Å²) in [6.45, 7) is 4.88. The summed E-state index contributed by atoms with van der Waals surface area (Å²) >= 11 is 0. The quantitative estimate of drug-likeness (QED) is 0.858. The van der Waals surface area contributed by atoms with Gasteiger partial charge in [0.15, 0.2) is 0 Å². The Bertz CT molecular complexity index is 377. The van der Waals surface area contributed by atoms with Crippen LogP contribution in [0.25, 0.3) is 0 Å². The SMILES string of the molecule is Cc1cc(C)c(C(O)C2COCCO2)c(F)c1. The van der Waals surface area contributed by atoms with Crippen LogP contribution in [-0.4, -0.2) is 31.0 Å². The van der Waals surface area contributed by atoms with Crippen LogP contribution in [0.2, 0.25) is 0 Å². The third-order valence-corrected chi connectivity index (χ3v) is 2.97. The van der Waals surface area contributed by atoms with Crippen molar-refractivity contribution in [2.75, 3.05) is 19.8 Å². The molecule has 1 N–H and O–H groups in total. The second-order valence-electron chi connectivity index (χ2n) is 4.41. The minimum absolute atomic E-state index is 0.300. The van der Waals surface area contributed by atoms with Crippen LogP contribution in [0.5, 0.6) is 0 Å². The molecule has 0 amide bonds. The zero-order chi connectivity index (χ0) is 12.4. The normalized spacial score (nSPS) is 22.5. The lowest BCUT2D eigenvalue weighted by atomic mass is 9.97. The van der Waals surface area contributed by atoms with E-state index in [4.69, 9.17) is 9.47 Å². The van der Waals surface area contributed by atoms with E-state index in [-0.39, 0.29) is 5.82 Å². The van der Waals surface area contributed by atoms with E-state index in [0.717, 1.165) is 11.1 Å². The first-order valence-electron chi connectivity index (χ1n) is 5.73. The van der Waals surface area contributed by atoms with Gasteiger partial charge in [-0.2, -0.15) is 0 Å². The molecule has 3 nitrogen and oxygen atoms in total. The van der Waals surface area contributed by atoms with Crippen LogP contribution in [0.15, 0.2) is 12.1 Å². The van der Waals surface area contributed by atoms with Crippen molar-refractivity contribution >= 4 is 0 Å². The molecule has 1 aliphatic rings. The van der Waals surface area contributed by atoms with Crippen LogP contribution in [-0.2, 0) is 9.47 Å². The zero-order valence-corrected chi connectivity index (χ0v) is 10.1. The maximum Gasteiger partial charge on any atom is 0.129 e. The molecule has 1 heterocycles. The van der Waals surface area contributed by atoms with Gasteiger partial charge in [-0.1, -0.05) is 6.07 Å². The van der Waals surface area contributed by atoms with Gasteiger partial charge in [0.2, 0.25) is 0 Å². The van der Waals surface area contributed by atoms with Crippen LogP contribution in [0, 0.1) is 19.7 Å². The number of hydrogen-bond acceptors (Lipinski definition) is 3. The average molecular weight is 240 g/mol. The molecule has 0 aromatic heterocycles. The molecule has 2 rings (SSSR count). The Balaban J connectivity index is 2.26. The fourth-order valence-electron chi connectivity index (χ4n) is 2.18. The third kappa shape index (κ3) is 2.65. The number of rotatable bonds is 2. The van der Waals surface area contributed by atoms with Crippen LogP contribution < -0.4 is 0 Å². The molecule has 1 aliphatic heterocycles. The lowest BCUT2D eigenvalue weighted by Crippen LogP contribution is -2.34. The van der Waals surface area contributed by atoms with Gasteiger partial charge in [-0.3, -0.25) is 0 Å². The highest BCUT2D eigenvalue weighted by Gasteiger charge is 2.28. The van der Waals surface area contributed by atoms with Gasteiger partial charge in [-0.05, 0) is 31.0 Å². The summed E-state index contributed by atoms with van der Waals surface area (Å²) in [6.07, 6.45) is -1.46. The molecule has 0 bridgehead atoms. The molecule has 94 valence electrons. The van der Waals surface area contributed by atoms with Crippen molar-refractivity contribution < 1.29 is 19.0 Å². The fraction of sp³-hybridized carbons (Fsp3) is 0.538. The van der Waals surface area contributed by atoms with Gasteiger partial charge in [0, 0.05) is 5.56 Å². The molecule has 2 unspecified atom stereocenters. The Morgan fingerprint density at radius 2 is 2.12 bits per heavy atom. The maximum atomic E-state index is 13.9. The summed E-state index contributed by atoms with van der Waals surface area (Å²) in [5, 5.41) is 10.2. The first-order chi connectivity index (χ1) is 8.09. The Morgan fingerprint density at radius 3 is 2.71 bits per heavy atom. The molecule has 1 saturated heterocycles. The van der Waals surface area contributed by atoms with Gasteiger partial charge < -0.3 is 14.6 Å². The van der Waals surface area contributed by atoms with Gasteiger partial charge in [0.1, 0.15) is 18.0 Å². The molecule has 2 atom stereocenters. The lowest BCUT2D eigenvalue weighted by molar-refractivity contribution is -0.134. The smallest absolute Gasteiger partial charge is 0.129 e. The van der Waals surface area contributed by atoms with E-state index in [1.807, 2.05) is 13.0 Å². The fourth-order valence-corrected chi connectivity index (χ4v) is 2.18. The second-order valence-corrected chi connectivity index (χ2v) is 4.41. The first-order valence-corrected chi connectivity index (χ1v) is 5.73. The number of hydrogen-bond donors (Lipinski definition) is 1. The van der Waals surface area contributed by atoms with E-state index in [1.54, 1.807) is 6.92 Å². The largest absolute Gasteiger partial charge is 0.385 e. The number of halogens is 1. The van der Waals surface area contributed by atoms with Gasteiger partial charge in [-0.15, -0.1) is 0 Å². The summed E-state index contributed by atoms with van der Waals surface area (Å²) in [7, 11) is 0. The van der Waals surface area contributed by atoms with E-state index >= 15 is 0 Å².